The van der Waals surface area contributed by atoms with E-state index in [1.807, 2.05) is 20.0 Å². The fourth-order valence-corrected chi connectivity index (χ4v) is 4.50. The topological polar surface area (TPSA) is 75.2 Å². The SMILES string of the molecule is COc1cc(N2C(=O)OCC2C)c(Cl)cc1C(=O)N1CCN(c2ncc(C)cc2C)CC1.Cl. The standard InChI is InChI=1S/C23H27ClN4O4.ClH/c1-14-9-15(2)21(25-12-14)26-5-7-27(8-6-26)22(29)17-10-18(24)19(11-20(17)31-4)28-16(3)13-32-23(28)30;/h9-12,16H,5-8,13H2,1-4H3;1H. The molecule has 0 bridgehead atoms. The van der Waals surface area contributed by atoms with Gasteiger partial charge in [-0.15, -0.1) is 12.4 Å². The van der Waals surface area contributed by atoms with E-state index in [2.05, 4.69) is 22.9 Å². The van der Waals surface area contributed by atoms with Gasteiger partial charge in [-0.25, -0.2) is 9.78 Å². The summed E-state index contributed by atoms with van der Waals surface area (Å²) in [4.78, 5) is 35.5. The number of pyridine rings is 1. The summed E-state index contributed by atoms with van der Waals surface area (Å²) in [5.41, 5.74) is 3.10. The summed E-state index contributed by atoms with van der Waals surface area (Å²) in [7, 11) is 1.50. The lowest BCUT2D eigenvalue weighted by molar-refractivity contribution is 0.0743. The van der Waals surface area contributed by atoms with Crippen molar-refractivity contribution < 1.29 is 19.1 Å². The molecule has 2 aliphatic rings. The molecule has 0 spiro atoms. The molecule has 8 nitrogen and oxygen atoms in total. The number of methoxy groups -OCH3 is 1. The number of piperazine rings is 1. The zero-order chi connectivity index (χ0) is 23.0. The Kier molecular flexibility index (Phi) is 7.59. The molecule has 3 heterocycles. The summed E-state index contributed by atoms with van der Waals surface area (Å²) < 4.78 is 10.6. The number of carbonyl (C=O) groups excluding carboxylic acids is 2. The lowest BCUT2D eigenvalue weighted by atomic mass is 10.1. The maximum atomic E-state index is 13.3. The Bertz CT molecular complexity index is 1060. The van der Waals surface area contributed by atoms with E-state index in [9.17, 15) is 9.59 Å². The first-order valence-electron chi connectivity index (χ1n) is 10.6. The molecule has 0 radical (unpaired) electrons. The molecule has 178 valence electrons. The van der Waals surface area contributed by atoms with Crippen molar-refractivity contribution in [1.29, 1.82) is 0 Å². The van der Waals surface area contributed by atoms with Crippen LogP contribution in [-0.4, -0.2) is 67.8 Å². The molecule has 1 aromatic heterocycles. The van der Waals surface area contributed by atoms with Gasteiger partial charge in [-0.3, -0.25) is 9.69 Å². The summed E-state index contributed by atoms with van der Waals surface area (Å²) >= 11 is 6.49. The number of hydrogen-bond acceptors (Lipinski definition) is 6. The average Bonchev–Trinajstić information content (AvgIpc) is 3.11. The van der Waals surface area contributed by atoms with Crippen molar-refractivity contribution in [3.8, 4) is 5.75 Å². The van der Waals surface area contributed by atoms with Gasteiger partial charge in [0, 0.05) is 38.4 Å². The molecule has 2 aliphatic heterocycles. The molecule has 0 N–H and O–H groups in total. The second-order valence-electron chi connectivity index (χ2n) is 8.23. The predicted octanol–water partition coefficient (Wildman–Crippen LogP) is 4.09. The quantitative estimate of drug-likeness (QED) is 0.636. The van der Waals surface area contributed by atoms with Crippen LogP contribution in [0.2, 0.25) is 5.02 Å². The number of ether oxygens (including phenoxy) is 2. The molecule has 0 aliphatic carbocycles. The maximum absolute atomic E-state index is 13.3. The first-order valence-corrected chi connectivity index (χ1v) is 11.0. The molecule has 10 heteroatoms. The number of aromatic nitrogens is 1. The van der Waals surface area contributed by atoms with Crippen LogP contribution in [0.1, 0.15) is 28.4 Å². The number of anilines is 2. The van der Waals surface area contributed by atoms with Crippen molar-refractivity contribution >= 4 is 47.5 Å². The smallest absolute Gasteiger partial charge is 0.414 e. The molecule has 2 fully saturated rings. The number of cyclic esters (lactones) is 1. The molecule has 4 rings (SSSR count). The van der Waals surface area contributed by atoms with Gasteiger partial charge in [-0.2, -0.15) is 0 Å². The number of carbonyl (C=O) groups is 2. The highest BCUT2D eigenvalue weighted by Crippen LogP contribution is 2.37. The molecule has 2 aromatic rings. The van der Waals surface area contributed by atoms with Crippen molar-refractivity contribution in [1.82, 2.24) is 9.88 Å². The van der Waals surface area contributed by atoms with Gasteiger partial charge in [0.2, 0.25) is 0 Å². The highest BCUT2D eigenvalue weighted by atomic mass is 35.5. The van der Waals surface area contributed by atoms with Gasteiger partial charge >= 0.3 is 6.09 Å². The van der Waals surface area contributed by atoms with E-state index in [4.69, 9.17) is 21.1 Å². The van der Waals surface area contributed by atoms with Crippen molar-refractivity contribution in [3.05, 3.63) is 46.1 Å². The van der Waals surface area contributed by atoms with Gasteiger partial charge in [0.25, 0.3) is 5.91 Å². The van der Waals surface area contributed by atoms with Gasteiger partial charge in [0.15, 0.2) is 0 Å². The maximum Gasteiger partial charge on any atom is 0.414 e. The van der Waals surface area contributed by atoms with E-state index >= 15 is 0 Å². The van der Waals surface area contributed by atoms with E-state index in [-0.39, 0.29) is 31.0 Å². The second-order valence-corrected chi connectivity index (χ2v) is 8.64. The van der Waals surface area contributed by atoms with Crippen LogP contribution >= 0.6 is 24.0 Å². The molecule has 1 unspecified atom stereocenters. The van der Waals surface area contributed by atoms with E-state index in [1.54, 1.807) is 17.0 Å². The first-order chi connectivity index (χ1) is 15.3. The van der Waals surface area contributed by atoms with Gasteiger partial charge in [0.1, 0.15) is 18.2 Å². The predicted molar refractivity (Wildman–Crippen MR) is 130 cm³/mol. The largest absolute Gasteiger partial charge is 0.496 e. The Balaban J connectivity index is 0.00000306. The van der Waals surface area contributed by atoms with Crippen molar-refractivity contribution in [2.45, 2.75) is 26.8 Å². The molecular weight excluding hydrogens is 467 g/mol. The van der Waals surface area contributed by atoms with Crippen LogP contribution in [-0.2, 0) is 4.74 Å². The van der Waals surface area contributed by atoms with Gasteiger partial charge < -0.3 is 19.3 Å². The monoisotopic (exact) mass is 494 g/mol. The highest BCUT2D eigenvalue weighted by molar-refractivity contribution is 6.34. The van der Waals surface area contributed by atoms with E-state index in [0.717, 1.165) is 16.9 Å². The summed E-state index contributed by atoms with van der Waals surface area (Å²) in [5.74, 6) is 1.18. The first kappa shape index (κ1) is 24.9. The van der Waals surface area contributed by atoms with Gasteiger partial charge in [-0.05, 0) is 38.0 Å². The number of hydrogen-bond donors (Lipinski definition) is 0. The number of rotatable bonds is 4. The van der Waals surface area contributed by atoms with Crippen LogP contribution < -0.4 is 14.5 Å². The number of benzene rings is 1. The van der Waals surface area contributed by atoms with Crippen LogP contribution in [0.5, 0.6) is 5.75 Å². The molecule has 1 atom stereocenters. The Labute approximate surface area is 204 Å². The highest BCUT2D eigenvalue weighted by Gasteiger charge is 2.34. The number of amides is 2. The van der Waals surface area contributed by atoms with Crippen molar-refractivity contribution in [2.75, 3.05) is 49.7 Å². The van der Waals surface area contributed by atoms with Gasteiger partial charge in [-0.1, -0.05) is 17.7 Å². The van der Waals surface area contributed by atoms with E-state index in [1.165, 1.54) is 12.0 Å². The Hall–Kier alpha value is -2.71. The average molecular weight is 495 g/mol. The summed E-state index contributed by atoms with van der Waals surface area (Å²) in [5, 5.41) is 0.304. The number of aryl methyl sites for hydroxylation is 2. The molecule has 1 aromatic carbocycles. The zero-order valence-electron chi connectivity index (χ0n) is 19.1. The van der Waals surface area contributed by atoms with Crippen LogP contribution in [0.15, 0.2) is 24.4 Å². The third kappa shape index (κ3) is 4.82. The van der Waals surface area contributed by atoms with Crippen molar-refractivity contribution in [3.63, 3.8) is 0 Å². The minimum absolute atomic E-state index is 0. The Morgan fingerprint density at radius 3 is 2.45 bits per heavy atom. The fourth-order valence-electron chi connectivity index (χ4n) is 4.25. The number of nitrogens with zero attached hydrogens (tertiary/aromatic N) is 4. The summed E-state index contributed by atoms with van der Waals surface area (Å²) in [6, 6.07) is 5.17. The van der Waals surface area contributed by atoms with Crippen LogP contribution in [0, 0.1) is 13.8 Å². The van der Waals surface area contributed by atoms with Crippen LogP contribution in [0.25, 0.3) is 0 Å². The summed E-state index contributed by atoms with van der Waals surface area (Å²) in [6.07, 6.45) is 1.40. The Morgan fingerprint density at radius 1 is 1.18 bits per heavy atom. The molecular formula is C23H28Cl2N4O4. The van der Waals surface area contributed by atoms with Crippen LogP contribution in [0.4, 0.5) is 16.3 Å². The molecule has 2 amide bonds. The van der Waals surface area contributed by atoms with E-state index in [0.29, 0.717) is 48.2 Å². The normalized spacial score (nSPS) is 18.2. The lowest BCUT2D eigenvalue weighted by Crippen LogP contribution is -2.49. The minimum atomic E-state index is -0.461. The lowest BCUT2D eigenvalue weighted by Gasteiger charge is -2.36. The van der Waals surface area contributed by atoms with Gasteiger partial charge in [0.05, 0.1) is 29.4 Å². The minimum Gasteiger partial charge on any atom is -0.496 e. The Morgan fingerprint density at radius 2 is 1.88 bits per heavy atom. The third-order valence-electron chi connectivity index (χ3n) is 5.90. The molecule has 0 saturated carbocycles. The summed E-state index contributed by atoms with van der Waals surface area (Å²) in [6.45, 7) is 8.74. The van der Waals surface area contributed by atoms with Crippen molar-refractivity contribution in [2.24, 2.45) is 0 Å². The van der Waals surface area contributed by atoms with E-state index < -0.39 is 6.09 Å². The van der Waals surface area contributed by atoms with Crippen LogP contribution in [0.3, 0.4) is 0 Å². The zero-order valence-corrected chi connectivity index (χ0v) is 20.7. The molecule has 33 heavy (non-hydrogen) atoms. The number of halogens is 2. The third-order valence-corrected chi connectivity index (χ3v) is 6.20. The fraction of sp³-hybridized carbons (Fsp3) is 0.435. The molecule has 2 saturated heterocycles. The second kappa shape index (κ2) is 10.1.